The number of benzene rings is 2. The molecule has 35 heavy (non-hydrogen) atoms. The average molecular weight is 491 g/mol. The summed E-state index contributed by atoms with van der Waals surface area (Å²) in [6, 6.07) is 10.4. The van der Waals surface area contributed by atoms with Gasteiger partial charge in [0.25, 0.3) is 0 Å². The number of alkyl halides is 2. The van der Waals surface area contributed by atoms with Gasteiger partial charge in [-0.2, -0.15) is 8.78 Å². The van der Waals surface area contributed by atoms with Crippen LogP contribution < -0.4 is 0 Å². The summed E-state index contributed by atoms with van der Waals surface area (Å²) in [6.45, 7) is 4.11. The van der Waals surface area contributed by atoms with E-state index in [-0.39, 0.29) is 24.5 Å². The molecule has 2 aliphatic rings. The maximum atomic E-state index is 14.7. The molecule has 0 saturated heterocycles. The topological polar surface area (TPSA) is 9.23 Å². The highest BCUT2D eigenvalue weighted by molar-refractivity contribution is 5.31. The van der Waals surface area contributed by atoms with Crippen LogP contribution in [-0.2, 0) is 17.3 Å². The van der Waals surface area contributed by atoms with Gasteiger partial charge in [0.1, 0.15) is 0 Å². The largest absolute Gasteiger partial charge is 0.386 e. The van der Waals surface area contributed by atoms with Crippen LogP contribution in [0.4, 0.5) is 17.6 Å². The highest BCUT2D eigenvalue weighted by atomic mass is 19.3. The second kappa shape index (κ2) is 11.5. The van der Waals surface area contributed by atoms with Gasteiger partial charge in [-0.1, -0.05) is 63.4 Å². The molecule has 0 heterocycles. The van der Waals surface area contributed by atoms with Crippen LogP contribution >= 0.6 is 0 Å². The van der Waals surface area contributed by atoms with Crippen LogP contribution in [0.2, 0.25) is 0 Å². The van der Waals surface area contributed by atoms with Crippen molar-refractivity contribution in [2.45, 2.75) is 96.0 Å². The smallest absolute Gasteiger partial charge is 0.316 e. The van der Waals surface area contributed by atoms with Gasteiger partial charge in [-0.3, -0.25) is 0 Å². The van der Waals surface area contributed by atoms with E-state index in [9.17, 15) is 17.6 Å². The van der Waals surface area contributed by atoms with E-state index >= 15 is 0 Å². The van der Waals surface area contributed by atoms with E-state index in [0.29, 0.717) is 11.8 Å². The van der Waals surface area contributed by atoms with Gasteiger partial charge in [0.15, 0.2) is 11.6 Å². The molecule has 2 aromatic carbocycles. The van der Waals surface area contributed by atoms with Crippen molar-refractivity contribution in [3.05, 3.63) is 70.3 Å². The predicted molar refractivity (Wildman–Crippen MR) is 132 cm³/mol. The Hall–Kier alpha value is -1.88. The minimum absolute atomic E-state index is 0.117. The van der Waals surface area contributed by atoms with Crippen molar-refractivity contribution in [2.24, 2.45) is 11.8 Å². The summed E-state index contributed by atoms with van der Waals surface area (Å²) in [4.78, 5) is 0. The summed E-state index contributed by atoms with van der Waals surface area (Å²) in [5.74, 6) is -0.787. The fourth-order valence-corrected chi connectivity index (χ4v) is 5.91. The number of rotatable bonds is 8. The van der Waals surface area contributed by atoms with Crippen molar-refractivity contribution in [3.63, 3.8) is 0 Å². The lowest BCUT2D eigenvalue weighted by molar-refractivity contribution is -0.249. The lowest BCUT2D eigenvalue weighted by Crippen LogP contribution is -2.23. The molecule has 0 atom stereocenters. The molecule has 0 radical (unpaired) electrons. The van der Waals surface area contributed by atoms with Crippen molar-refractivity contribution in [1.29, 1.82) is 0 Å². The normalized spacial score (nSPS) is 25.5. The van der Waals surface area contributed by atoms with Crippen LogP contribution in [0.25, 0.3) is 0 Å². The van der Waals surface area contributed by atoms with E-state index in [2.05, 4.69) is 26.0 Å². The molecule has 2 saturated carbocycles. The van der Waals surface area contributed by atoms with Gasteiger partial charge < -0.3 is 4.74 Å². The second-order valence-electron chi connectivity index (χ2n) is 10.8. The summed E-state index contributed by atoms with van der Waals surface area (Å²) >= 11 is 0. The third-order valence-corrected chi connectivity index (χ3v) is 8.43. The third kappa shape index (κ3) is 6.28. The van der Waals surface area contributed by atoms with Gasteiger partial charge in [0, 0.05) is 0 Å². The van der Waals surface area contributed by atoms with Gasteiger partial charge in [0.2, 0.25) is 0 Å². The lowest BCUT2D eigenvalue weighted by Gasteiger charge is -2.28. The number of halogens is 4. The fraction of sp³-hybridized carbons (Fsp3) is 0.600. The van der Waals surface area contributed by atoms with Crippen LogP contribution in [0, 0.1) is 23.5 Å². The van der Waals surface area contributed by atoms with Gasteiger partial charge in [0.05, 0.1) is 12.2 Å². The van der Waals surface area contributed by atoms with Crippen molar-refractivity contribution >= 4 is 0 Å². The fourth-order valence-electron chi connectivity index (χ4n) is 5.91. The van der Waals surface area contributed by atoms with Crippen LogP contribution in [0.5, 0.6) is 0 Å². The molecule has 2 aromatic rings. The van der Waals surface area contributed by atoms with Gasteiger partial charge in [-0.25, -0.2) is 8.78 Å². The summed E-state index contributed by atoms with van der Waals surface area (Å²) in [5, 5.41) is 0. The van der Waals surface area contributed by atoms with E-state index in [1.54, 1.807) is 0 Å². The molecule has 0 N–H and O–H groups in total. The van der Waals surface area contributed by atoms with Crippen molar-refractivity contribution in [3.8, 4) is 0 Å². The summed E-state index contributed by atoms with van der Waals surface area (Å²) in [7, 11) is 0. The molecule has 192 valence electrons. The minimum Gasteiger partial charge on any atom is -0.316 e. The van der Waals surface area contributed by atoms with Crippen LogP contribution in [0.1, 0.15) is 106 Å². The quantitative estimate of drug-likeness (QED) is 0.335. The molecule has 2 fully saturated rings. The van der Waals surface area contributed by atoms with E-state index in [1.807, 2.05) is 12.1 Å². The van der Waals surface area contributed by atoms with E-state index in [4.69, 9.17) is 4.74 Å². The third-order valence-electron chi connectivity index (χ3n) is 8.43. The molecule has 5 heteroatoms. The standard InChI is InChI=1S/C30H38F4O/c1-3-21-6-12-23(13-7-21)24-14-8-22(9-15-24)18-19-35-30(33,34)27-17-16-26(28(31)29(27)32)25-10-4-20(2)5-11-25/h8-9,14-17,20-21,23,25H,3-7,10-13,18-19H2,1-2H3. The zero-order chi connectivity index (χ0) is 25.0. The van der Waals surface area contributed by atoms with Crippen LogP contribution in [-0.4, -0.2) is 6.61 Å². The molecule has 0 spiro atoms. The Labute approximate surface area is 207 Å². The zero-order valence-corrected chi connectivity index (χ0v) is 21.0. The van der Waals surface area contributed by atoms with Gasteiger partial charge in [-0.05, 0) is 91.4 Å². The Kier molecular flexibility index (Phi) is 8.57. The highest BCUT2D eigenvalue weighted by Gasteiger charge is 2.38. The molecule has 0 aliphatic heterocycles. The molecular weight excluding hydrogens is 452 g/mol. The first-order valence-electron chi connectivity index (χ1n) is 13.4. The number of hydrogen-bond donors (Lipinski definition) is 0. The van der Waals surface area contributed by atoms with E-state index in [0.717, 1.165) is 43.2 Å². The first kappa shape index (κ1) is 26.2. The predicted octanol–water partition coefficient (Wildman–Crippen LogP) is 9.25. The maximum Gasteiger partial charge on any atom is 0.386 e. The minimum atomic E-state index is -3.89. The molecule has 0 aromatic heterocycles. The average Bonchev–Trinajstić information content (AvgIpc) is 2.86. The monoisotopic (exact) mass is 490 g/mol. The Morgan fingerprint density at radius 1 is 0.800 bits per heavy atom. The SMILES string of the molecule is CCC1CCC(c2ccc(CCOC(F)(F)c3ccc(C4CCC(C)CC4)c(F)c3F)cc2)CC1. The number of hydrogen-bond acceptors (Lipinski definition) is 1. The zero-order valence-electron chi connectivity index (χ0n) is 21.0. The van der Waals surface area contributed by atoms with Gasteiger partial charge in [-0.15, -0.1) is 0 Å². The Morgan fingerprint density at radius 2 is 1.43 bits per heavy atom. The van der Waals surface area contributed by atoms with Crippen molar-refractivity contribution < 1.29 is 22.3 Å². The first-order valence-corrected chi connectivity index (χ1v) is 13.4. The molecule has 0 bridgehead atoms. The summed E-state index contributed by atoms with van der Waals surface area (Å²) in [6.07, 6.45) is 5.96. The molecule has 2 aliphatic carbocycles. The maximum absolute atomic E-state index is 14.7. The van der Waals surface area contributed by atoms with Crippen LogP contribution in [0.3, 0.4) is 0 Å². The molecule has 0 unspecified atom stereocenters. The van der Waals surface area contributed by atoms with Crippen molar-refractivity contribution in [1.82, 2.24) is 0 Å². The van der Waals surface area contributed by atoms with Crippen molar-refractivity contribution in [2.75, 3.05) is 6.61 Å². The highest BCUT2D eigenvalue weighted by Crippen LogP contribution is 2.40. The Morgan fingerprint density at radius 3 is 2.06 bits per heavy atom. The molecular formula is C30H38F4O. The summed E-state index contributed by atoms with van der Waals surface area (Å²) < 4.78 is 63.5. The van der Waals surface area contributed by atoms with Crippen LogP contribution in [0.15, 0.2) is 36.4 Å². The lowest BCUT2D eigenvalue weighted by atomic mass is 9.78. The Balaban J connectivity index is 1.33. The second-order valence-corrected chi connectivity index (χ2v) is 10.8. The molecule has 4 rings (SSSR count). The Bertz CT molecular complexity index is 955. The summed E-state index contributed by atoms with van der Waals surface area (Å²) in [5.41, 5.74) is 1.37. The first-order chi connectivity index (χ1) is 16.8. The van der Waals surface area contributed by atoms with E-state index in [1.165, 1.54) is 43.7 Å². The van der Waals surface area contributed by atoms with Gasteiger partial charge >= 0.3 is 6.11 Å². The van der Waals surface area contributed by atoms with E-state index < -0.39 is 23.3 Å². The number of ether oxygens (including phenoxy) is 1. The molecule has 1 nitrogen and oxygen atoms in total. The molecule has 0 amide bonds.